The minimum Gasteiger partial charge on any atom is -0.479 e. The topological polar surface area (TPSA) is 59.7 Å². The summed E-state index contributed by atoms with van der Waals surface area (Å²) in [6.45, 7) is 1.45. The number of hydrogen-bond donors (Lipinski definition) is 1. The molecule has 0 aliphatic heterocycles. The van der Waals surface area contributed by atoms with Crippen LogP contribution in [0.5, 0.6) is 5.95 Å². The first-order valence-electron chi connectivity index (χ1n) is 4.51. The van der Waals surface area contributed by atoms with E-state index in [0.717, 1.165) is 10.9 Å². The van der Waals surface area contributed by atoms with Gasteiger partial charge in [-0.15, -0.1) is 0 Å². The highest BCUT2D eigenvalue weighted by molar-refractivity contribution is 5.83. The van der Waals surface area contributed by atoms with Crippen LogP contribution in [0.25, 0.3) is 11.0 Å². The second-order valence-corrected chi connectivity index (χ2v) is 3.19. The van der Waals surface area contributed by atoms with Crippen molar-refractivity contribution >= 4 is 16.9 Å². The molecule has 0 radical (unpaired) electrons. The standard InChI is InChI=1S/C11H10O4/c1-7-8-4-2-3-5-9(8)15-11(7)14-6-10(12)13/h2-5H,6H2,1H3,(H,12,13). The summed E-state index contributed by atoms with van der Waals surface area (Å²) in [5.41, 5.74) is 1.53. The number of rotatable bonds is 3. The Morgan fingerprint density at radius 1 is 1.47 bits per heavy atom. The second-order valence-electron chi connectivity index (χ2n) is 3.19. The Morgan fingerprint density at radius 3 is 2.87 bits per heavy atom. The lowest BCUT2D eigenvalue weighted by Gasteiger charge is -1.98. The number of aryl methyl sites for hydroxylation is 1. The fourth-order valence-electron chi connectivity index (χ4n) is 1.42. The summed E-state index contributed by atoms with van der Waals surface area (Å²) in [6.07, 6.45) is 0. The molecule has 1 aromatic heterocycles. The van der Waals surface area contributed by atoms with Crippen molar-refractivity contribution < 1.29 is 19.1 Å². The average Bonchev–Trinajstić information content (AvgIpc) is 2.54. The number of carbonyl (C=O) groups is 1. The molecule has 0 bridgehead atoms. The van der Waals surface area contributed by atoms with Crippen molar-refractivity contribution in [3.8, 4) is 5.95 Å². The molecule has 0 saturated carbocycles. The predicted octanol–water partition coefficient (Wildman–Crippen LogP) is 2.20. The number of carboxylic acids is 1. The van der Waals surface area contributed by atoms with Crippen LogP contribution in [-0.4, -0.2) is 17.7 Å². The highest BCUT2D eigenvalue weighted by Gasteiger charge is 2.11. The lowest BCUT2D eigenvalue weighted by atomic mass is 10.2. The van der Waals surface area contributed by atoms with E-state index in [-0.39, 0.29) is 12.6 Å². The monoisotopic (exact) mass is 206 g/mol. The van der Waals surface area contributed by atoms with Crippen LogP contribution < -0.4 is 4.74 Å². The molecule has 78 valence electrons. The van der Waals surface area contributed by atoms with Crippen LogP contribution in [0.3, 0.4) is 0 Å². The van der Waals surface area contributed by atoms with Crippen LogP contribution >= 0.6 is 0 Å². The number of carboxylic acid groups (broad SMARTS) is 1. The zero-order valence-electron chi connectivity index (χ0n) is 8.19. The van der Waals surface area contributed by atoms with Gasteiger partial charge in [0.2, 0.25) is 0 Å². The van der Waals surface area contributed by atoms with Gasteiger partial charge in [0, 0.05) is 10.9 Å². The van der Waals surface area contributed by atoms with E-state index in [1.54, 1.807) is 0 Å². The summed E-state index contributed by atoms with van der Waals surface area (Å²) < 4.78 is 10.4. The molecule has 0 atom stereocenters. The lowest BCUT2D eigenvalue weighted by molar-refractivity contribution is -0.139. The molecule has 0 aliphatic carbocycles. The highest BCUT2D eigenvalue weighted by Crippen LogP contribution is 2.30. The van der Waals surface area contributed by atoms with Crippen molar-refractivity contribution in [2.45, 2.75) is 6.92 Å². The third-order valence-corrected chi connectivity index (χ3v) is 2.13. The van der Waals surface area contributed by atoms with Gasteiger partial charge in [0.05, 0.1) is 0 Å². The summed E-state index contributed by atoms with van der Waals surface area (Å²) in [5, 5.41) is 9.42. The summed E-state index contributed by atoms with van der Waals surface area (Å²) >= 11 is 0. The Morgan fingerprint density at radius 2 is 2.20 bits per heavy atom. The van der Waals surface area contributed by atoms with Crippen LogP contribution in [0, 0.1) is 6.92 Å². The molecule has 0 fully saturated rings. The molecule has 0 saturated heterocycles. The number of ether oxygens (including phenoxy) is 1. The van der Waals surface area contributed by atoms with Gasteiger partial charge in [0.15, 0.2) is 6.61 Å². The van der Waals surface area contributed by atoms with E-state index in [1.165, 1.54) is 0 Å². The van der Waals surface area contributed by atoms with Crippen molar-refractivity contribution in [3.05, 3.63) is 29.8 Å². The first-order valence-corrected chi connectivity index (χ1v) is 4.51. The second kappa shape index (κ2) is 3.65. The quantitative estimate of drug-likeness (QED) is 0.836. The minimum absolute atomic E-state index is 0.276. The fraction of sp³-hybridized carbons (Fsp3) is 0.182. The molecular weight excluding hydrogens is 196 g/mol. The molecule has 4 heteroatoms. The molecule has 0 unspecified atom stereocenters. The highest BCUT2D eigenvalue weighted by atomic mass is 16.6. The zero-order chi connectivity index (χ0) is 10.8. The van der Waals surface area contributed by atoms with E-state index in [4.69, 9.17) is 14.3 Å². The van der Waals surface area contributed by atoms with E-state index in [1.807, 2.05) is 31.2 Å². The van der Waals surface area contributed by atoms with Gasteiger partial charge in [-0.1, -0.05) is 18.2 Å². The maximum Gasteiger partial charge on any atom is 0.341 e. The molecule has 1 heterocycles. The van der Waals surface area contributed by atoms with Crippen molar-refractivity contribution in [2.24, 2.45) is 0 Å². The van der Waals surface area contributed by atoms with Crippen molar-refractivity contribution in [3.63, 3.8) is 0 Å². The number of fused-ring (bicyclic) bond motifs is 1. The third-order valence-electron chi connectivity index (χ3n) is 2.13. The van der Waals surface area contributed by atoms with Gasteiger partial charge in [0.1, 0.15) is 5.58 Å². The summed E-state index contributed by atoms with van der Waals surface area (Å²) in [6, 6.07) is 7.47. The van der Waals surface area contributed by atoms with E-state index < -0.39 is 5.97 Å². The van der Waals surface area contributed by atoms with Crippen LogP contribution in [0.4, 0.5) is 0 Å². The smallest absolute Gasteiger partial charge is 0.341 e. The molecule has 15 heavy (non-hydrogen) atoms. The molecule has 1 aromatic carbocycles. The van der Waals surface area contributed by atoms with Crippen LogP contribution in [-0.2, 0) is 4.79 Å². The van der Waals surface area contributed by atoms with Crippen LogP contribution in [0.1, 0.15) is 5.56 Å². The van der Waals surface area contributed by atoms with Crippen molar-refractivity contribution in [1.29, 1.82) is 0 Å². The normalized spacial score (nSPS) is 10.5. The number of aliphatic carboxylic acids is 1. The number of para-hydroxylation sites is 1. The molecule has 0 aliphatic rings. The maximum atomic E-state index is 10.3. The Labute approximate surface area is 86.1 Å². The average molecular weight is 206 g/mol. The number of benzene rings is 1. The fourth-order valence-corrected chi connectivity index (χ4v) is 1.42. The van der Waals surface area contributed by atoms with Gasteiger partial charge in [-0.05, 0) is 13.0 Å². The van der Waals surface area contributed by atoms with Gasteiger partial charge in [-0.3, -0.25) is 0 Å². The molecule has 0 amide bonds. The third kappa shape index (κ3) is 1.79. The molecule has 4 nitrogen and oxygen atoms in total. The predicted molar refractivity (Wildman–Crippen MR) is 54.1 cm³/mol. The minimum atomic E-state index is -1.02. The van der Waals surface area contributed by atoms with E-state index in [9.17, 15) is 4.79 Å². The van der Waals surface area contributed by atoms with Crippen molar-refractivity contribution in [1.82, 2.24) is 0 Å². The maximum absolute atomic E-state index is 10.3. The summed E-state index contributed by atoms with van der Waals surface area (Å²) in [5.74, 6) is -0.742. The van der Waals surface area contributed by atoms with Gasteiger partial charge in [0.25, 0.3) is 5.95 Å². The SMILES string of the molecule is Cc1c(OCC(=O)O)oc2ccccc12. The summed E-state index contributed by atoms with van der Waals surface area (Å²) in [7, 11) is 0. The zero-order valence-corrected chi connectivity index (χ0v) is 8.19. The first kappa shape index (κ1) is 9.58. The van der Waals surface area contributed by atoms with Gasteiger partial charge in [-0.2, -0.15) is 0 Å². The molecule has 2 rings (SSSR count). The number of hydrogen-bond acceptors (Lipinski definition) is 3. The van der Waals surface area contributed by atoms with E-state index >= 15 is 0 Å². The largest absolute Gasteiger partial charge is 0.479 e. The molecule has 0 spiro atoms. The molecule has 2 aromatic rings. The molecule has 1 N–H and O–H groups in total. The van der Waals surface area contributed by atoms with Crippen LogP contribution in [0.2, 0.25) is 0 Å². The van der Waals surface area contributed by atoms with E-state index in [2.05, 4.69) is 0 Å². The Bertz CT molecular complexity index is 498. The lowest BCUT2D eigenvalue weighted by Crippen LogP contribution is -2.09. The van der Waals surface area contributed by atoms with Crippen molar-refractivity contribution in [2.75, 3.05) is 6.61 Å². The van der Waals surface area contributed by atoms with Gasteiger partial charge >= 0.3 is 5.97 Å². The van der Waals surface area contributed by atoms with Gasteiger partial charge in [-0.25, -0.2) is 4.79 Å². The van der Waals surface area contributed by atoms with Crippen LogP contribution in [0.15, 0.2) is 28.7 Å². The van der Waals surface area contributed by atoms with E-state index in [0.29, 0.717) is 5.58 Å². The summed E-state index contributed by atoms with van der Waals surface area (Å²) in [4.78, 5) is 10.3. The van der Waals surface area contributed by atoms with Gasteiger partial charge < -0.3 is 14.3 Å². The Hall–Kier alpha value is -1.97. The first-order chi connectivity index (χ1) is 7.18. The molecular formula is C11H10O4. The Balaban J connectivity index is 2.36. The number of furan rings is 1. The Kier molecular flexibility index (Phi) is 2.33.